The Morgan fingerprint density at radius 2 is 1.70 bits per heavy atom. The molecule has 0 aliphatic carbocycles. The Morgan fingerprint density at radius 1 is 0.926 bits per heavy atom. The van der Waals surface area contributed by atoms with Crippen LogP contribution in [-0.2, 0) is 0 Å². The molecule has 0 radical (unpaired) electrons. The van der Waals surface area contributed by atoms with Crippen molar-refractivity contribution in [1.82, 2.24) is 5.32 Å². The summed E-state index contributed by atoms with van der Waals surface area (Å²) >= 11 is 0. The maximum atomic E-state index is 5.92. The lowest BCUT2D eigenvalue weighted by Crippen LogP contribution is -2.39. The highest BCUT2D eigenvalue weighted by Gasteiger charge is 2.19. The van der Waals surface area contributed by atoms with Crippen LogP contribution in [0.2, 0.25) is 0 Å². The lowest BCUT2D eigenvalue weighted by molar-refractivity contribution is 0.0902. The van der Waals surface area contributed by atoms with Gasteiger partial charge in [0.1, 0.15) is 31.7 Å². The van der Waals surface area contributed by atoms with Gasteiger partial charge < -0.3 is 29.0 Å². The van der Waals surface area contributed by atoms with E-state index >= 15 is 0 Å². The van der Waals surface area contributed by atoms with Crippen molar-refractivity contribution in [1.29, 1.82) is 0 Å². The zero-order chi connectivity index (χ0) is 17.6. The summed E-state index contributed by atoms with van der Waals surface area (Å²) in [6, 6.07) is 13.4. The number of halogens is 1. The van der Waals surface area contributed by atoms with Gasteiger partial charge in [-0.3, -0.25) is 0 Å². The second kappa shape index (κ2) is 9.58. The molecule has 1 atom stereocenters. The molecule has 0 aromatic heterocycles. The Morgan fingerprint density at radius 3 is 2.59 bits per heavy atom. The topological polar surface area (TPSA) is 58.2 Å². The Bertz CT molecular complexity index is 742. The van der Waals surface area contributed by atoms with Crippen molar-refractivity contribution >= 4 is 12.4 Å². The van der Waals surface area contributed by atoms with Crippen molar-refractivity contribution in [3.05, 3.63) is 42.5 Å². The largest absolute Gasteiger partial charge is 0.493 e. The molecule has 2 aliphatic rings. The number of hydrogen-bond acceptors (Lipinski definition) is 6. The summed E-state index contributed by atoms with van der Waals surface area (Å²) < 4.78 is 28.5. The number of fused-ring (bicyclic) bond motifs is 2. The van der Waals surface area contributed by atoms with Gasteiger partial charge in [0.2, 0.25) is 0 Å². The molecule has 0 fully saturated rings. The van der Waals surface area contributed by atoms with Crippen LogP contribution in [0.3, 0.4) is 0 Å². The third-order valence-corrected chi connectivity index (χ3v) is 4.22. The zero-order valence-electron chi connectivity index (χ0n) is 15.0. The van der Waals surface area contributed by atoms with E-state index in [1.165, 1.54) is 0 Å². The van der Waals surface area contributed by atoms with E-state index in [0.29, 0.717) is 26.4 Å². The zero-order valence-corrected chi connectivity index (χ0v) is 15.8. The van der Waals surface area contributed by atoms with E-state index in [1.54, 1.807) is 0 Å². The minimum Gasteiger partial charge on any atom is -0.493 e. The van der Waals surface area contributed by atoms with Gasteiger partial charge in [-0.2, -0.15) is 0 Å². The summed E-state index contributed by atoms with van der Waals surface area (Å²) in [4.78, 5) is 0. The third kappa shape index (κ3) is 5.11. The van der Waals surface area contributed by atoms with Crippen LogP contribution < -0.4 is 29.0 Å². The normalized spacial score (nSPS) is 17.0. The molecule has 27 heavy (non-hydrogen) atoms. The smallest absolute Gasteiger partial charge is 0.165 e. The van der Waals surface area contributed by atoms with Crippen molar-refractivity contribution in [3.63, 3.8) is 0 Å². The second-order valence-corrected chi connectivity index (χ2v) is 6.21. The van der Waals surface area contributed by atoms with Gasteiger partial charge in [0.05, 0.1) is 6.61 Å². The van der Waals surface area contributed by atoms with Crippen LogP contribution in [0, 0.1) is 0 Å². The molecule has 146 valence electrons. The van der Waals surface area contributed by atoms with Gasteiger partial charge in [-0.15, -0.1) is 12.4 Å². The fourth-order valence-corrected chi connectivity index (χ4v) is 2.93. The molecule has 7 heteroatoms. The van der Waals surface area contributed by atoms with E-state index in [2.05, 4.69) is 5.32 Å². The van der Waals surface area contributed by atoms with Crippen LogP contribution in [0.1, 0.15) is 6.42 Å². The summed E-state index contributed by atoms with van der Waals surface area (Å²) in [5, 5.41) is 3.39. The quantitative estimate of drug-likeness (QED) is 0.729. The van der Waals surface area contributed by atoms with E-state index in [0.717, 1.165) is 48.3 Å². The third-order valence-electron chi connectivity index (χ3n) is 4.22. The average Bonchev–Trinajstić information content (AvgIpc) is 2.70. The van der Waals surface area contributed by atoms with E-state index < -0.39 is 0 Å². The van der Waals surface area contributed by atoms with Crippen LogP contribution in [0.4, 0.5) is 0 Å². The van der Waals surface area contributed by atoms with Crippen LogP contribution in [0.15, 0.2) is 42.5 Å². The highest BCUT2D eigenvalue weighted by atomic mass is 35.5. The van der Waals surface area contributed by atoms with Crippen molar-refractivity contribution < 1.29 is 23.7 Å². The van der Waals surface area contributed by atoms with E-state index in [1.807, 2.05) is 42.5 Å². The molecule has 2 aliphatic heterocycles. The molecule has 0 bridgehead atoms. The fraction of sp³-hybridized carbons (Fsp3) is 0.400. The molecule has 1 unspecified atom stereocenters. The van der Waals surface area contributed by atoms with Gasteiger partial charge in [0.25, 0.3) is 0 Å². The standard InChI is InChI=1S/C20H23NO5.ClH/c1-2-5-19-17(4-1)25-14-16(26-19)13-21-8-3-9-22-15-6-7-18-20(12-15)24-11-10-23-18;/h1-2,4-7,12,16,21H,3,8-11,13-14H2;1H. The first-order valence-electron chi connectivity index (χ1n) is 9.00. The maximum absolute atomic E-state index is 5.92. The highest BCUT2D eigenvalue weighted by Crippen LogP contribution is 2.33. The van der Waals surface area contributed by atoms with Gasteiger partial charge >= 0.3 is 0 Å². The van der Waals surface area contributed by atoms with Gasteiger partial charge in [-0.25, -0.2) is 0 Å². The molecular weight excluding hydrogens is 370 g/mol. The molecule has 0 saturated heterocycles. The first kappa shape index (κ1) is 19.5. The summed E-state index contributed by atoms with van der Waals surface area (Å²) in [6.07, 6.45) is 0.933. The van der Waals surface area contributed by atoms with Crippen LogP contribution in [-0.4, -0.2) is 45.6 Å². The SMILES string of the molecule is Cl.c1ccc2c(c1)OCC(CNCCCOc1ccc3c(c1)OCCO3)O2. The average molecular weight is 394 g/mol. The number of ether oxygens (including phenoxy) is 5. The Kier molecular flexibility index (Phi) is 6.90. The summed E-state index contributed by atoms with van der Waals surface area (Å²) in [5.41, 5.74) is 0. The van der Waals surface area contributed by atoms with Crippen molar-refractivity contribution in [2.24, 2.45) is 0 Å². The molecule has 0 saturated carbocycles. The maximum Gasteiger partial charge on any atom is 0.165 e. The van der Waals surface area contributed by atoms with Crippen LogP contribution in [0.25, 0.3) is 0 Å². The number of rotatable bonds is 7. The Balaban J connectivity index is 0.00000210. The number of para-hydroxylation sites is 2. The number of hydrogen-bond donors (Lipinski definition) is 1. The Labute approximate surface area is 165 Å². The number of nitrogens with one attached hydrogen (secondary N) is 1. The van der Waals surface area contributed by atoms with E-state index in [9.17, 15) is 0 Å². The molecule has 0 spiro atoms. The molecule has 2 aromatic carbocycles. The molecule has 2 aromatic rings. The van der Waals surface area contributed by atoms with Crippen LogP contribution in [0.5, 0.6) is 28.7 Å². The molecule has 2 heterocycles. The molecule has 6 nitrogen and oxygen atoms in total. The summed E-state index contributed by atoms with van der Waals surface area (Å²) in [5.74, 6) is 3.96. The predicted octanol–water partition coefficient (Wildman–Crippen LogP) is 3.08. The highest BCUT2D eigenvalue weighted by molar-refractivity contribution is 5.85. The van der Waals surface area contributed by atoms with Gasteiger partial charge in [-0.05, 0) is 37.2 Å². The van der Waals surface area contributed by atoms with Crippen molar-refractivity contribution in [2.75, 3.05) is 39.5 Å². The van der Waals surface area contributed by atoms with E-state index in [4.69, 9.17) is 23.7 Å². The molecule has 0 amide bonds. The van der Waals surface area contributed by atoms with Gasteiger partial charge in [0.15, 0.2) is 23.0 Å². The minimum absolute atomic E-state index is 0. The van der Waals surface area contributed by atoms with Gasteiger partial charge in [0, 0.05) is 12.6 Å². The fourth-order valence-electron chi connectivity index (χ4n) is 2.93. The Hall–Kier alpha value is -2.31. The lowest BCUT2D eigenvalue weighted by atomic mass is 10.2. The van der Waals surface area contributed by atoms with Crippen molar-refractivity contribution in [3.8, 4) is 28.7 Å². The molecule has 1 N–H and O–H groups in total. The monoisotopic (exact) mass is 393 g/mol. The number of benzene rings is 2. The van der Waals surface area contributed by atoms with Crippen LogP contribution >= 0.6 is 12.4 Å². The second-order valence-electron chi connectivity index (χ2n) is 6.21. The molecule has 4 rings (SSSR count). The summed E-state index contributed by atoms with van der Waals surface area (Å²) in [7, 11) is 0. The first-order chi connectivity index (χ1) is 12.9. The minimum atomic E-state index is 0. The first-order valence-corrected chi connectivity index (χ1v) is 9.00. The predicted molar refractivity (Wildman–Crippen MR) is 104 cm³/mol. The molecular formula is C20H24ClNO5. The lowest BCUT2D eigenvalue weighted by Gasteiger charge is -2.26. The van der Waals surface area contributed by atoms with Gasteiger partial charge in [-0.1, -0.05) is 12.1 Å². The summed E-state index contributed by atoms with van der Waals surface area (Å²) in [6.45, 7) is 3.98. The van der Waals surface area contributed by atoms with E-state index in [-0.39, 0.29) is 18.5 Å². The van der Waals surface area contributed by atoms with Crippen molar-refractivity contribution in [2.45, 2.75) is 12.5 Å².